The van der Waals surface area contributed by atoms with Gasteiger partial charge in [0, 0.05) is 0 Å². The van der Waals surface area contributed by atoms with E-state index < -0.39 is 0 Å². The maximum Gasteiger partial charge on any atom is 0.234 e. The highest BCUT2D eigenvalue weighted by Gasteiger charge is 2.13. The molecule has 0 radical (unpaired) electrons. The molecule has 1 aliphatic rings. The molecule has 1 N–H and O–H groups in total. The first-order chi connectivity index (χ1) is 7.84. The fraction of sp³-hybridized carbons (Fsp3) is 0.583. The summed E-state index contributed by atoms with van der Waals surface area (Å²) < 4.78 is 5.15. The number of nitrogens with one attached hydrogen (secondary N) is 1. The largest absolute Gasteiger partial charge is 0.467 e. The SMILES string of the molecule is O=C(CN1CCCCC1)NCc1ccco1. The molecule has 1 saturated heterocycles. The van der Waals surface area contributed by atoms with E-state index in [1.807, 2.05) is 12.1 Å². The highest BCUT2D eigenvalue weighted by molar-refractivity contribution is 5.77. The van der Waals surface area contributed by atoms with Gasteiger partial charge in [0.25, 0.3) is 0 Å². The smallest absolute Gasteiger partial charge is 0.234 e. The van der Waals surface area contributed by atoms with Crippen LogP contribution in [0.3, 0.4) is 0 Å². The number of piperidine rings is 1. The van der Waals surface area contributed by atoms with E-state index >= 15 is 0 Å². The van der Waals surface area contributed by atoms with E-state index in [1.165, 1.54) is 19.3 Å². The Kier molecular flexibility index (Phi) is 3.99. The van der Waals surface area contributed by atoms with Gasteiger partial charge in [-0.1, -0.05) is 6.42 Å². The average Bonchev–Trinajstić information content (AvgIpc) is 2.81. The number of carbonyl (C=O) groups is 1. The third kappa shape index (κ3) is 3.38. The van der Waals surface area contributed by atoms with Gasteiger partial charge in [-0.2, -0.15) is 0 Å². The Balaban J connectivity index is 1.67. The van der Waals surface area contributed by atoms with E-state index in [1.54, 1.807) is 6.26 Å². The zero-order chi connectivity index (χ0) is 11.2. The van der Waals surface area contributed by atoms with E-state index in [0.717, 1.165) is 18.8 Å². The first-order valence-electron chi connectivity index (χ1n) is 5.86. The molecule has 1 aliphatic heterocycles. The molecule has 0 saturated carbocycles. The van der Waals surface area contributed by atoms with Crippen LogP contribution in [-0.2, 0) is 11.3 Å². The molecular weight excluding hydrogens is 204 g/mol. The molecule has 1 aromatic rings. The molecular formula is C12H18N2O2. The van der Waals surface area contributed by atoms with Crippen molar-refractivity contribution in [2.75, 3.05) is 19.6 Å². The summed E-state index contributed by atoms with van der Waals surface area (Å²) in [5.41, 5.74) is 0. The Morgan fingerprint density at radius 3 is 2.88 bits per heavy atom. The van der Waals surface area contributed by atoms with Crippen molar-refractivity contribution in [1.82, 2.24) is 10.2 Å². The number of amides is 1. The van der Waals surface area contributed by atoms with Gasteiger partial charge in [-0.25, -0.2) is 0 Å². The molecule has 0 unspecified atom stereocenters. The highest BCUT2D eigenvalue weighted by atomic mass is 16.3. The molecule has 1 aromatic heterocycles. The van der Waals surface area contributed by atoms with Gasteiger partial charge >= 0.3 is 0 Å². The Bertz CT molecular complexity index is 316. The summed E-state index contributed by atoms with van der Waals surface area (Å²) in [4.78, 5) is 13.8. The molecule has 4 nitrogen and oxygen atoms in total. The van der Waals surface area contributed by atoms with E-state index in [0.29, 0.717) is 13.1 Å². The van der Waals surface area contributed by atoms with Crippen molar-refractivity contribution in [3.8, 4) is 0 Å². The Hall–Kier alpha value is -1.29. The minimum absolute atomic E-state index is 0.0818. The van der Waals surface area contributed by atoms with Crippen LogP contribution in [0.25, 0.3) is 0 Å². The normalized spacial score (nSPS) is 17.2. The number of furan rings is 1. The first kappa shape index (κ1) is 11.2. The summed E-state index contributed by atoms with van der Waals surface area (Å²) in [6, 6.07) is 3.69. The molecule has 1 fully saturated rings. The molecule has 16 heavy (non-hydrogen) atoms. The molecule has 0 aromatic carbocycles. The quantitative estimate of drug-likeness (QED) is 0.837. The molecule has 2 heterocycles. The van der Waals surface area contributed by atoms with Crippen LogP contribution >= 0.6 is 0 Å². The fourth-order valence-electron chi connectivity index (χ4n) is 1.98. The van der Waals surface area contributed by atoms with Gasteiger partial charge in [-0.3, -0.25) is 9.69 Å². The molecule has 0 atom stereocenters. The molecule has 0 aliphatic carbocycles. The molecule has 1 amide bonds. The summed E-state index contributed by atoms with van der Waals surface area (Å²) in [5, 5.41) is 2.86. The van der Waals surface area contributed by atoms with Gasteiger partial charge < -0.3 is 9.73 Å². The number of likely N-dealkylation sites (tertiary alicyclic amines) is 1. The number of rotatable bonds is 4. The zero-order valence-corrected chi connectivity index (χ0v) is 9.45. The minimum atomic E-state index is 0.0818. The van der Waals surface area contributed by atoms with Gasteiger partial charge in [0.15, 0.2) is 0 Å². The predicted octanol–water partition coefficient (Wildman–Crippen LogP) is 1.38. The maximum absolute atomic E-state index is 11.6. The fourth-order valence-corrected chi connectivity index (χ4v) is 1.98. The molecule has 0 spiro atoms. The number of hydrogen-bond acceptors (Lipinski definition) is 3. The van der Waals surface area contributed by atoms with Crippen LogP contribution in [0.15, 0.2) is 22.8 Å². The van der Waals surface area contributed by atoms with E-state index in [-0.39, 0.29) is 5.91 Å². The van der Waals surface area contributed by atoms with Gasteiger partial charge in [0.05, 0.1) is 19.4 Å². The van der Waals surface area contributed by atoms with Crippen LogP contribution in [-0.4, -0.2) is 30.4 Å². The van der Waals surface area contributed by atoms with Crippen LogP contribution < -0.4 is 5.32 Å². The lowest BCUT2D eigenvalue weighted by Crippen LogP contribution is -2.39. The van der Waals surface area contributed by atoms with Crippen LogP contribution in [0.4, 0.5) is 0 Å². The van der Waals surface area contributed by atoms with E-state index in [9.17, 15) is 4.79 Å². The summed E-state index contributed by atoms with van der Waals surface area (Å²) in [6.45, 7) is 3.10. The van der Waals surface area contributed by atoms with E-state index in [2.05, 4.69) is 10.2 Å². The molecule has 4 heteroatoms. The van der Waals surface area contributed by atoms with Gasteiger partial charge in [-0.05, 0) is 38.1 Å². The van der Waals surface area contributed by atoms with Crippen LogP contribution in [0.1, 0.15) is 25.0 Å². The van der Waals surface area contributed by atoms with Crippen molar-refractivity contribution in [2.24, 2.45) is 0 Å². The Morgan fingerprint density at radius 1 is 1.38 bits per heavy atom. The van der Waals surface area contributed by atoms with Crippen LogP contribution in [0.5, 0.6) is 0 Å². The highest BCUT2D eigenvalue weighted by Crippen LogP contribution is 2.07. The van der Waals surface area contributed by atoms with Crippen LogP contribution in [0, 0.1) is 0 Å². The average molecular weight is 222 g/mol. The molecule has 88 valence electrons. The third-order valence-electron chi connectivity index (χ3n) is 2.86. The number of hydrogen-bond donors (Lipinski definition) is 1. The first-order valence-corrected chi connectivity index (χ1v) is 5.86. The Morgan fingerprint density at radius 2 is 2.19 bits per heavy atom. The van der Waals surface area contributed by atoms with Gasteiger partial charge in [0.1, 0.15) is 5.76 Å². The minimum Gasteiger partial charge on any atom is -0.467 e. The van der Waals surface area contributed by atoms with Crippen molar-refractivity contribution in [1.29, 1.82) is 0 Å². The van der Waals surface area contributed by atoms with E-state index in [4.69, 9.17) is 4.42 Å². The monoisotopic (exact) mass is 222 g/mol. The lowest BCUT2D eigenvalue weighted by atomic mass is 10.1. The Labute approximate surface area is 95.6 Å². The summed E-state index contributed by atoms with van der Waals surface area (Å²) in [7, 11) is 0. The van der Waals surface area contributed by atoms with Crippen molar-refractivity contribution in [3.05, 3.63) is 24.2 Å². The zero-order valence-electron chi connectivity index (χ0n) is 9.45. The van der Waals surface area contributed by atoms with Gasteiger partial charge in [0.2, 0.25) is 5.91 Å². The lowest BCUT2D eigenvalue weighted by Gasteiger charge is -2.25. The second-order valence-corrected chi connectivity index (χ2v) is 4.19. The van der Waals surface area contributed by atoms with Gasteiger partial charge in [-0.15, -0.1) is 0 Å². The van der Waals surface area contributed by atoms with Crippen molar-refractivity contribution in [2.45, 2.75) is 25.8 Å². The topological polar surface area (TPSA) is 45.5 Å². The standard InChI is InChI=1S/C12H18N2O2/c15-12(10-14-6-2-1-3-7-14)13-9-11-5-4-8-16-11/h4-5,8H,1-3,6-7,9-10H2,(H,13,15). The summed E-state index contributed by atoms with van der Waals surface area (Å²) in [5.74, 6) is 0.880. The third-order valence-corrected chi connectivity index (χ3v) is 2.86. The van der Waals surface area contributed by atoms with Crippen molar-refractivity contribution >= 4 is 5.91 Å². The second kappa shape index (κ2) is 5.70. The number of nitrogens with zero attached hydrogens (tertiary/aromatic N) is 1. The molecule has 0 bridgehead atoms. The predicted molar refractivity (Wildman–Crippen MR) is 60.8 cm³/mol. The lowest BCUT2D eigenvalue weighted by molar-refractivity contribution is -0.122. The molecule has 2 rings (SSSR count). The van der Waals surface area contributed by atoms with Crippen molar-refractivity contribution < 1.29 is 9.21 Å². The second-order valence-electron chi connectivity index (χ2n) is 4.19. The summed E-state index contributed by atoms with van der Waals surface area (Å²) >= 11 is 0. The van der Waals surface area contributed by atoms with Crippen molar-refractivity contribution in [3.63, 3.8) is 0 Å². The number of carbonyl (C=O) groups excluding carboxylic acids is 1. The van der Waals surface area contributed by atoms with Crippen LogP contribution in [0.2, 0.25) is 0 Å². The summed E-state index contributed by atoms with van der Waals surface area (Å²) in [6.07, 6.45) is 5.34. The maximum atomic E-state index is 11.6.